The van der Waals surface area contributed by atoms with Gasteiger partial charge in [0.15, 0.2) is 19.7 Å². The van der Waals surface area contributed by atoms with Gasteiger partial charge in [-0.05, 0) is 11.5 Å². The molecule has 1 aliphatic rings. The smallest absolute Gasteiger partial charge is 0.427 e. The third-order valence-corrected chi connectivity index (χ3v) is 13.4. The molecule has 0 saturated carbocycles. The molecule has 2 rings (SSSR count). The summed E-state index contributed by atoms with van der Waals surface area (Å²) in [6.45, 7) is 0. The average molecular weight is 302 g/mol. The molecule has 2 heterocycles. The van der Waals surface area contributed by atoms with E-state index in [1.807, 2.05) is 5.38 Å². The highest BCUT2D eigenvalue weighted by Gasteiger charge is 2.40. The van der Waals surface area contributed by atoms with Crippen molar-refractivity contribution in [1.29, 1.82) is 0 Å². The molecule has 1 aromatic heterocycles. The molecule has 14 heavy (non-hydrogen) atoms. The molecule has 0 spiro atoms. The maximum absolute atomic E-state index is 11.3. The topological polar surface area (TPSA) is 39.2 Å². The van der Waals surface area contributed by atoms with E-state index in [0.29, 0.717) is 0 Å². The van der Waals surface area contributed by atoms with Gasteiger partial charge in [0.1, 0.15) is 5.03 Å². The van der Waals surface area contributed by atoms with Gasteiger partial charge in [-0.3, -0.25) is 0 Å². The summed E-state index contributed by atoms with van der Waals surface area (Å²) in [7, 11) is 7.19. The minimum atomic E-state index is -0.449. The Balaban J connectivity index is 2.06. The van der Waals surface area contributed by atoms with Crippen LogP contribution in [-0.4, -0.2) is 16.8 Å². The molecule has 0 fully saturated rings. The highest BCUT2D eigenvalue weighted by Crippen LogP contribution is 2.56. The van der Waals surface area contributed by atoms with Crippen molar-refractivity contribution in [2.24, 2.45) is 0 Å². The molecule has 0 radical (unpaired) electrons. The average Bonchev–Trinajstić information content (AvgIpc) is 2.56. The zero-order chi connectivity index (χ0) is 9.97. The Morgan fingerprint density at radius 1 is 1.50 bits per heavy atom. The summed E-state index contributed by atoms with van der Waals surface area (Å²) >= 11 is 1.45. The SMILES string of the molecule is COC(=O)[S+]1SSc2csnc2SS1. The zero-order valence-corrected chi connectivity index (χ0v) is 11.7. The van der Waals surface area contributed by atoms with E-state index >= 15 is 0 Å². The Labute approximate surface area is 103 Å². The molecule has 0 N–H and O–H groups in total. The second-order valence-corrected chi connectivity index (χ2v) is 11.7. The van der Waals surface area contributed by atoms with Gasteiger partial charge in [0.25, 0.3) is 8.96 Å². The standard InChI is InChI=1S/C5H4NO2S6/c1-8-5(7)14-12-10-3-2-9-6-4(3)11-13-14/h2H,1H3/q+1. The number of carbonyl (C=O) groups is 1. The van der Waals surface area contributed by atoms with E-state index in [0.717, 1.165) is 9.92 Å². The van der Waals surface area contributed by atoms with Crippen LogP contribution in [-0.2, 0) is 13.7 Å². The third-order valence-electron chi connectivity index (χ3n) is 1.17. The Morgan fingerprint density at radius 3 is 3.07 bits per heavy atom. The van der Waals surface area contributed by atoms with Gasteiger partial charge >= 0.3 is 5.30 Å². The van der Waals surface area contributed by atoms with Crippen LogP contribution in [0.2, 0.25) is 0 Å². The molecular weight excluding hydrogens is 298 g/mol. The van der Waals surface area contributed by atoms with Crippen molar-refractivity contribution < 1.29 is 9.53 Å². The fraction of sp³-hybridized carbons (Fsp3) is 0.200. The van der Waals surface area contributed by atoms with E-state index in [1.165, 1.54) is 28.5 Å². The van der Waals surface area contributed by atoms with Crippen molar-refractivity contribution in [3.63, 3.8) is 0 Å². The van der Waals surface area contributed by atoms with Crippen molar-refractivity contribution in [1.82, 2.24) is 4.37 Å². The van der Waals surface area contributed by atoms with Gasteiger partial charge in [-0.15, -0.1) is 0 Å². The minimum Gasteiger partial charge on any atom is -0.427 e. The van der Waals surface area contributed by atoms with E-state index in [4.69, 9.17) is 4.74 Å². The van der Waals surface area contributed by atoms with Gasteiger partial charge in [-0.1, -0.05) is 0 Å². The van der Waals surface area contributed by atoms with E-state index in [1.54, 1.807) is 31.4 Å². The summed E-state index contributed by atoms with van der Waals surface area (Å²) in [5, 5.41) is 2.86. The summed E-state index contributed by atoms with van der Waals surface area (Å²) in [6.07, 6.45) is 0. The lowest BCUT2D eigenvalue weighted by molar-refractivity contribution is 0.200. The summed E-state index contributed by atoms with van der Waals surface area (Å²) in [5.74, 6) is 0. The number of hydrogen-bond acceptors (Lipinski definition) is 8. The number of ether oxygens (including phenoxy) is 1. The number of aromatic nitrogens is 1. The molecule has 3 nitrogen and oxygen atoms in total. The van der Waals surface area contributed by atoms with Gasteiger partial charge in [0, 0.05) is 27.0 Å². The van der Waals surface area contributed by atoms with Crippen LogP contribution >= 0.6 is 52.8 Å². The van der Waals surface area contributed by atoms with Crippen molar-refractivity contribution in [2.45, 2.75) is 9.92 Å². The maximum atomic E-state index is 11.3. The molecule has 0 saturated heterocycles. The molecule has 76 valence electrons. The largest absolute Gasteiger partial charge is 0.553 e. The monoisotopic (exact) mass is 302 g/mol. The molecule has 9 heteroatoms. The van der Waals surface area contributed by atoms with E-state index in [9.17, 15) is 4.79 Å². The summed E-state index contributed by atoms with van der Waals surface area (Å²) in [5.41, 5.74) is 0. The van der Waals surface area contributed by atoms with Crippen LogP contribution in [0.3, 0.4) is 0 Å². The lowest BCUT2D eigenvalue weighted by atomic mass is 10.8. The maximum Gasteiger partial charge on any atom is 0.553 e. The number of carbonyl (C=O) groups excluding carboxylic acids is 1. The Bertz CT molecular complexity index is 318. The molecule has 1 atom stereocenters. The molecule has 0 bridgehead atoms. The fourth-order valence-electron chi connectivity index (χ4n) is 0.595. The van der Waals surface area contributed by atoms with Crippen LogP contribution < -0.4 is 0 Å². The van der Waals surface area contributed by atoms with E-state index < -0.39 is 8.96 Å². The first-order valence-electron chi connectivity index (χ1n) is 3.28. The first-order chi connectivity index (χ1) is 6.81. The number of nitrogens with zero attached hydrogens (tertiary/aromatic N) is 1. The van der Waals surface area contributed by atoms with E-state index in [2.05, 4.69) is 4.37 Å². The normalized spacial score (nSPS) is 21.1. The predicted octanol–water partition coefficient (Wildman–Crippen LogP) is 3.85. The van der Waals surface area contributed by atoms with Crippen LogP contribution in [0.25, 0.3) is 0 Å². The summed E-state index contributed by atoms with van der Waals surface area (Å²) in [4.78, 5) is 12.4. The summed E-state index contributed by atoms with van der Waals surface area (Å²) < 4.78 is 8.95. The van der Waals surface area contributed by atoms with Gasteiger partial charge < -0.3 is 4.74 Å². The molecular formula is C5H4NO2S6+. The number of hydrogen-bond donors (Lipinski definition) is 0. The first kappa shape index (κ1) is 11.3. The lowest BCUT2D eigenvalue weighted by Gasteiger charge is -1.93. The van der Waals surface area contributed by atoms with Crippen molar-refractivity contribution >= 4 is 67.0 Å². The van der Waals surface area contributed by atoms with Crippen molar-refractivity contribution in [3.05, 3.63) is 5.38 Å². The Kier molecular flexibility index (Phi) is 4.26. The fourth-order valence-corrected chi connectivity index (χ4v) is 13.3. The molecule has 1 aliphatic heterocycles. The van der Waals surface area contributed by atoms with Crippen LogP contribution in [0.4, 0.5) is 4.79 Å². The van der Waals surface area contributed by atoms with Crippen molar-refractivity contribution in [2.75, 3.05) is 7.11 Å². The minimum absolute atomic E-state index is 0.158. The Morgan fingerprint density at radius 2 is 2.29 bits per heavy atom. The molecule has 1 unspecified atom stereocenters. The molecule has 0 aromatic carbocycles. The van der Waals surface area contributed by atoms with Crippen LogP contribution in [0, 0.1) is 0 Å². The first-order valence-corrected chi connectivity index (χ1v) is 10.7. The van der Waals surface area contributed by atoms with Crippen LogP contribution in [0.15, 0.2) is 15.3 Å². The second kappa shape index (κ2) is 5.26. The number of methoxy groups -OCH3 is 1. The zero-order valence-electron chi connectivity index (χ0n) is 6.79. The van der Waals surface area contributed by atoms with Gasteiger partial charge in [-0.2, -0.15) is 9.17 Å². The second-order valence-electron chi connectivity index (χ2n) is 1.98. The number of fused-ring (bicyclic) bond motifs is 1. The molecule has 0 amide bonds. The third kappa shape index (κ3) is 2.50. The van der Waals surface area contributed by atoms with Crippen LogP contribution in [0.1, 0.15) is 0 Å². The molecule has 0 aliphatic carbocycles. The van der Waals surface area contributed by atoms with Gasteiger partial charge in [0.2, 0.25) is 0 Å². The highest BCUT2D eigenvalue weighted by molar-refractivity contribution is 9.36. The van der Waals surface area contributed by atoms with Gasteiger partial charge in [-0.25, -0.2) is 0 Å². The lowest BCUT2D eigenvalue weighted by Crippen LogP contribution is -2.04. The van der Waals surface area contributed by atoms with Crippen molar-refractivity contribution in [3.8, 4) is 0 Å². The highest BCUT2D eigenvalue weighted by atomic mass is 33.8. The predicted molar refractivity (Wildman–Crippen MR) is 68.8 cm³/mol. The number of rotatable bonds is 0. The Hall–Kier alpha value is 0.850. The van der Waals surface area contributed by atoms with Gasteiger partial charge in [0.05, 0.1) is 12.0 Å². The quantitative estimate of drug-likeness (QED) is 0.409. The summed E-state index contributed by atoms with van der Waals surface area (Å²) in [6, 6.07) is 0. The van der Waals surface area contributed by atoms with Crippen LogP contribution in [0.5, 0.6) is 0 Å². The van der Waals surface area contributed by atoms with E-state index in [-0.39, 0.29) is 5.30 Å². The molecule has 1 aromatic rings.